The van der Waals surface area contributed by atoms with Crippen molar-refractivity contribution in [3.63, 3.8) is 0 Å². The molecule has 0 aromatic heterocycles. The second kappa shape index (κ2) is 9.65. The number of unbranched alkanes of at least 4 members (excludes halogenated alkanes) is 3. The Bertz CT molecular complexity index is 400. The minimum atomic E-state index is -0.190. The standard InChI is InChI=1S/C20H36N2O2/c1-9-17(23)21(19(3,4)5)15-13-11-12-14-16-22(18(24)10-2)20(6,7)8/h9-10H,1-2,11-16H2,3-8H3. The van der Waals surface area contributed by atoms with Crippen LogP contribution in [-0.2, 0) is 9.59 Å². The zero-order valence-electron chi connectivity index (χ0n) is 16.5. The quantitative estimate of drug-likeness (QED) is 0.468. The van der Waals surface area contributed by atoms with Crippen LogP contribution in [0.4, 0.5) is 0 Å². The summed E-state index contributed by atoms with van der Waals surface area (Å²) in [5.41, 5.74) is -0.380. The summed E-state index contributed by atoms with van der Waals surface area (Å²) in [6.07, 6.45) is 6.76. The van der Waals surface area contributed by atoms with Crippen molar-refractivity contribution in [3.8, 4) is 0 Å². The number of carbonyl (C=O) groups excluding carboxylic acids is 2. The SMILES string of the molecule is C=CC(=O)N(CCCCCCN(C(=O)C=C)C(C)(C)C)C(C)(C)C. The fourth-order valence-electron chi connectivity index (χ4n) is 2.67. The predicted molar refractivity (Wildman–Crippen MR) is 102 cm³/mol. The first-order chi connectivity index (χ1) is 10.9. The Morgan fingerprint density at radius 2 is 1.00 bits per heavy atom. The average Bonchev–Trinajstić information content (AvgIpc) is 2.46. The first kappa shape index (κ1) is 22.4. The van der Waals surface area contributed by atoms with Crippen LogP contribution in [0.2, 0.25) is 0 Å². The highest BCUT2D eigenvalue weighted by Crippen LogP contribution is 2.17. The molecule has 0 heterocycles. The summed E-state index contributed by atoms with van der Waals surface area (Å²) in [6.45, 7) is 20.9. The molecule has 2 amide bonds. The van der Waals surface area contributed by atoms with Gasteiger partial charge < -0.3 is 9.80 Å². The molecule has 0 N–H and O–H groups in total. The fourth-order valence-corrected chi connectivity index (χ4v) is 2.67. The van der Waals surface area contributed by atoms with Gasteiger partial charge in [-0.15, -0.1) is 0 Å². The lowest BCUT2D eigenvalue weighted by Crippen LogP contribution is -2.45. The van der Waals surface area contributed by atoms with Gasteiger partial charge in [-0.3, -0.25) is 9.59 Å². The minimum Gasteiger partial charge on any atom is -0.334 e. The van der Waals surface area contributed by atoms with Crippen LogP contribution >= 0.6 is 0 Å². The maximum atomic E-state index is 11.9. The molecule has 0 unspecified atom stereocenters. The van der Waals surface area contributed by atoms with Crippen LogP contribution in [0.3, 0.4) is 0 Å². The molecule has 0 rings (SSSR count). The first-order valence-electron chi connectivity index (χ1n) is 8.83. The van der Waals surface area contributed by atoms with Crippen LogP contribution in [0.25, 0.3) is 0 Å². The highest BCUT2D eigenvalue weighted by Gasteiger charge is 2.25. The lowest BCUT2D eigenvalue weighted by molar-refractivity contribution is -0.131. The molecule has 0 aromatic rings. The van der Waals surface area contributed by atoms with Gasteiger partial charge in [0.1, 0.15) is 0 Å². The van der Waals surface area contributed by atoms with E-state index in [1.807, 2.05) is 51.3 Å². The third-order valence-electron chi connectivity index (χ3n) is 4.01. The van der Waals surface area contributed by atoms with Crippen LogP contribution < -0.4 is 0 Å². The van der Waals surface area contributed by atoms with E-state index in [-0.39, 0.29) is 22.9 Å². The molecule has 0 spiro atoms. The lowest BCUT2D eigenvalue weighted by atomic mass is 10.0. The summed E-state index contributed by atoms with van der Waals surface area (Å²) in [7, 11) is 0. The maximum absolute atomic E-state index is 11.9. The minimum absolute atomic E-state index is 0.0158. The second-order valence-corrected chi connectivity index (χ2v) is 8.14. The Morgan fingerprint density at radius 3 is 1.21 bits per heavy atom. The van der Waals surface area contributed by atoms with Crippen molar-refractivity contribution < 1.29 is 9.59 Å². The lowest BCUT2D eigenvalue weighted by Gasteiger charge is -2.35. The Kier molecular flexibility index (Phi) is 9.02. The molecule has 0 aliphatic carbocycles. The van der Waals surface area contributed by atoms with Gasteiger partial charge >= 0.3 is 0 Å². The van der Waals surface area contributed by atoms with E-state index in [2.05, 4.69) is 13.2 Å². The molecule has 0 saturated carbocycles. The predicted octanol–water partition coefficient (Wildman–Crippen LogP) is 4.17. The van der Waals surface area contributed by atoms with E-state index in [4.69, 9.17) is 0 Å². The summed E-state index contributed by atoms with van der Waals surface area (Å²) in [5, 5.41) is 0. The molecule has 0 aliphatic rings. The Labute approximate surface area is 148 Å². The molecule has 0 saturated heterocycles. The molecule has 0 fully saturated rings. The van der Waals surface area contributed by atoms with Crippen LogP contribution in [0.5, 0.6) is 0 Å². The molecule has 24 heavy (non-hydrogen) atoms. The topological polar surface area (TPSA) is 40.6 Å². The van der Waals surface area contributed by atoms with E-state index in [1.165, 1.54) is 12.2 Å². The van der Waals surface area contributed by atoms with Crippen molar-refractivity contribution >= 4 is 11.8 Å². The Morgan fingerprint density at radius 1 is 0.708 bits per heavy atom. The zero-order chi connectivity index (χ0) is 19.0. The van der Waals surface area contributed by atoms with Crippen molar-refractivity contribution in [1.29, 1.82) is 0 Å². The number of hydrogen-bond donors (Lipinski definition) is 0. The summed E-state index contributed by atoms with van der Waals surface area (Å²) >= 11 is 0. The van der Waals surface area contributed by atoms with Gasteiger partial charge in [0.15, 0.2) is 0 Å². The van der Waals surface area contributed by atoms with Crippen LogP contribution in [0, 0.1) is 0 Å². The Hall–Kier alpha value is -1.58. The molecule has 0 aromatic carbocycles. The summed E-state index contributed by atoms with van der Waals surface area (Å²) in [5.74, 6) is -0.0315. The van der Waals surface area contributed by atoms with Crippen molar-refractivity contribution in [1.82, 2.24) is 9.80 Å². The monoisotopic (exact) mass is 336 g/mol. The van der Waals surface area contributed by atoms with Gasteiger partial charge in [0.2, 0.25) is 11.8 Å². The smallest absolute Gasteiger partial charge is 0.246 e. The van der Waals surface area contributed by atoms with Crippen LogP contribution in [0.1, 0.15) is 67.2 Å². The molecular weight excluding hydrogens is 300 g/mol. The fraction of sp³-hybridized carbons (Fsp3) is 0.700. The highest BCUT2D eigenvalue weighted by molar-refractivity contribution is 5.88. The summed E-state index contributed by atoms with van der Waals surface area (Å²) in [4.78, 5) is 27.6. The number of nitrogens with zero attached hydrogens (tertiary/aromatic N) is 2. The third-order valence-corrected chi connectivity index (χ3v) is 4.01. The van der Waals surface area contributed by atoms with Crippen molar-refractivity contribution in [2.24, 2.45) is 0 Å². The second-order valence-electron chi connectivity index (χ2n) is 8.14. The molecular formula is C20H36N2O2. The molecule has 0 aliphatic heterocycles. The van der Waals surface area contributed by atoms with Crippen molar-refractivity contribution in [2.45, 2.75) is 78.3 Å². The van der Waals surface area contributed by atoms with E-state index in [1.54, 1.807) is 0 Å². The first-order valence-corrected chi connectivity index (χ1v) is 8.83. The van der Waals surface area contributed by atoms with E-state index < -0.39 is 0 Å². The molecule has 0 atom stereocenters. The normalized spacial score (nSPS) is 11.8. The van der Waals surface area contributed by atoms with Gasteiger partial charge in [-0.2, -0.15) is 0 Å². The zero-order valence-corrected chi connectivity index (χ0v) is 16.5. The molecule has 0 radical (unpaired) electrons. The van der Waals surface area contributed by atoms with Gasteiger partial charge in [-0.1, -0.05) is 26.0 Å². The van der Waals surface area contributed by atoms with Crippen molar-refractivity contribution in [3.05, 3.63) is 25.3 Å². The van der Waals surface area contributed by atoms with Crippen LogP contribution in [0.15, 0.2) is 25.3 Å². The van der Waals surface area contributed by atoms with E-state index in [9.17, 15) is 9.59 Å². The average molecular weight is 337 g/mol. The van der Waals surface area contributed by atoms with Gasteiger partial charge in [-0.25, -0.2) is 0 Å². The third kappa shape index (κ3) is 7.80. The summed E-state index contributed by atoms with van der Waals surface area (Å²) in [6, 6.07) is 0. The Balaban J connectivity index is 4.29. The number of hydrogen-bond acceptors (Lipinski definition) is 2. The van der Waals surface area contributed by atoms with E-state index >= 15 is 0 Å². The maximum Gasteiger partial charge on any atom is 0.246 e. The number of amides is 2. The van der Waals surface area contributed by atoms with Gasteiger partial charge in [0.05, 0.1) is 0 Å². The number of rotatable bonds is 9. The number of carbonyl (C=O) groups is 2. The summed E-state index contributed by atoms with van der Waals surface area (Å²) < 4.78 is 0. The van der Waals surface area contributed by atoms with E-state index in [0.29, 0.717) is 0 Å². The molecule has 0 bridgehead atoms. The molecule has 138 valence electrons. The van der Waals surface area contributed by atoms with Crippen LogP contribution in [-0.4, -0.2) is 45.8 Å². The van der Waals surface area contributed by atoms with Crippen molar-refractivity contribution in [2.75, 3.05) is 13.1 Å². The largest absolute Gasteiger partial charge is 0.334 e. The van der Waals surface area contributed by atoms with Gasteiger partial charge in [0.25, 0.3) is 0 Å². The molecule has 4 heteroatoms. The molecule has 4 nitrogen and oxygen atoms in total. The highest BCUT2D eigenvalue weighted by atomic mass is 16.2. The van der Waals surface area contributed by atoms with Gasteiger partial charge in [0, 0.05) is 24.2 Å². The van der Waals surface area contributed by atoms with E-state index in [0.717, 1.165) is 38.8 Å². The van der Waals surface area contributed by atoms with Gasteiger partial charge in [-0.05, 0) is 66.5 Å².